The van der Waals surface area contributed by atoms with Crippen molar-refractivity contribution in [3.8, 4) is 0 Å². The van der Waals surface area contributed by atoms with E-state index in [1.807, 2.05) is 19.9 Å². The topological polar surface area (TPSA) is 58.9 Å². The smallest absolute Gasteiger partial charge is 0.358 e. The van der Waals surface area contributed by atoms with E-state index in [4.69, 9.17) is 21.5 Å². The lowest BCUT2D eigenvalue weighted by atomic mass is 10.1. The van der Waals surface area contributed by atoms with E-state index in [0.29, 0.717) is 17.9 Å². The van der Waals surface area contributed by atoms with Crippen LogP contribution in [0.2, 0.25) is 0 Å². The molecule has 0 radical (unpaired) electrons. The average molecular weight is 285 g/mol. The van der Waals surface area contributed by atoms with Gasteiger partial charge in [-0.3, -0.25) is 0 Å². The standard InChI is InChI=1S/C12H16NO3PS/c1-3-17(18,4-2)16-13-11(12(14)15)10-8-6-5-7-9-10/h5-9H,3-4H2,1-2H3,(H,14,15). The third-order valence-electron chi connectivity index (χ3n) is 2.49. The Labute approximate surface area is 112 Å². The number of carboxylic acid groups (broad SMARTS) is 1. The van der Waals surface area contributed by atoms with E-state index in [0.717, 1.165) is 0 Å². The highest BCUT2D eigenvalue weighted by Gasteiger charge is 2.17. The molecule has 0 aliphatic rings. The fourth-order valence-electron chi connectivity index (χ4n) is 1.27. The molecule has 1 rings (SSSR count). The Morgan fingerprint density at radius 2 is 1.89 bits per heavy atom. The van der Waals surface area contributed by atoms with Crippen molar-refractivity contribution >= 4 is 29.8 Å². The van der Waals surface area contributed by atoms with Gasteiger partial charge in [0.15, 0.2) is 5.71 Å². The fourth-order valence-corrected chi connectivity index (χ4v) is 2.27. The van der Waals surface area contributed by atoms with Crippen molar-refractivity contribution in [2.75, 3.05) is 12.3 Å². The van der Waals surface area contributed by atoms with Crippen LogP contribution in [0.25, 0.3) is 0 Å². The Hall–Kier alpha value is -1.19. The molecule has 0 aliphatic carbocycles. The maximum absolute atomic E-state index is 11.2. The van der Waals surface area contributed by atoms with Crippen LogP contribution in [0.3, 0.4) is 0 Å². The highest BCUT2D eigenvalue weighted by atomic mass is 32.4. The summed E-state index contributed by atoms with van der Waals surface area (Å²) in [6.45, 7) is 3.87. The minimum atomic E-state index is -2.01. The predicted molar refractivity (Wildman–Crippen MR) is 77.1 cm³/mol. The first-order chi connectivity index (χ1) is 8.52. The normalized spacial score (nSPS) is 12.2. The largest absolute Gasteiger partial charge is 0.476 e. The summed E-state index contributed by atoms with van der Waals surface area (Å²) in [6.07, 6.45) is -0.616. The second-order valence-electron chi connectivity index (χ2n) is 3.64. The number of benzene rings is 1. The molecule has 0 heterocycles. The second kappa shape index (κ2) is 6.66. The summed E-state index contributed by atoms with van der Waals surface area (Å²) in [5.74, 6) is -1.12. The molecule has 18 heavy (non-hydrogen) atoms. The lowest BCUT2D eigenvalue weighted by Gasteiger charge is -2.15. The number of carbonyl (C=O) groups is 1. The summed E-state index contributed by atoms with van der Waals surface area (Å²) >= 11 is 5.35. The number of carboxylic acids is 1. The van der Waals surface area contributed by atoms with Crippen LogP contribution in [0.5, 0.6) is 0 Å². The van der Waals surface area contributed by atoms with Crippen LogP contribution in [-0.2, 0) is 21.2 Å². The van der Waals surface area contributed by atoms with Crippen LogP contribution in [0.1, 0.15) is 19.4 Å². The maximum Gasteiger partial charge on any atom is 0.358 e. The highest BCUT2D eigenvalue weighted by molar-refractivity contribution is 8.12. The van der Waals surface area contributed by atoms with Crippen molar-refractivity contribution in [3.05, 3.63) is 35.9 Å². The van der Waals surface area contributed by atoms with Gasteiger partial charge in [0.25, 0.3) is 0 Å². The summed E-state index contributed by atoms with van der Waals surface area (Å²) in [5, 5.41) is 12.9. The third-order valence-corrected chi connectivity index (χ3v) is 6.55. The molecule has 0 saturated carbocycles. The molecular weight excluding hydrogens is 269 g/mol. The maximum atomic E-state index is 11.2. The Morgan fingerprint density at radius 3 is 2.33 bits per heavy atom. The van der Waals surface area contributed by atoms with Gasteiger partial charge in [-0.2, -0.15) is 0 Å². The van der Waals surface area contributed by atoms with Gasteiger partial charge in [0.05, 0.1) is 0 Å². The monoisotopic (exact) mass is 285 g/mol. The van der Waals surface area contributed by atoms with Crippen molar-refractivity contribution < 1.29 is 14.5 Å². The lowest BCUT2D eigenvalue weighted by molar-refractivity contribution is -0.129. The second-order valence-corrected chi connectivity index (χ2v) is 8.69. The van der Waals surface area contributed by atoms with E-state index < -0.39 is 12.2 Å². The molecule has 0 unspecified atom stereocenters. The first kappa shape index (κ1) is 14.9. The number of rotatable bonds is 6. The molecule has 0 atom stereocenters. The van der Waals surface area contributed by atoms with Gasteiger partial charge in [0, 0.05) is 17.9 Å². The van der Waals surface area contributed by atoms with Crippen molar-refractivity contribution in [1.29, 1.82) is 0 Å². The van der Waals surface area contributed by atoms with Crippen molar-refractivity contribution in [3.63, 3.8) is 0 Å². The van der Waals surface area contributed by atoms with Gasteiger partial charge in [0.2, 0.25) is 0 Å². The zero-order chi connectivity index (χ0) is 13.6. The van der Waals surface area contributed by atoms with Crippen LogP contribution >= 0.6 is 6.26 Å². The molecule has 1 N–H and O–H groups in total. The minimum absolute atomic E-state index is 0.105. The van der Waals surface area contributed by atoms with E-state index >= 15 is 0 Å². The summed E-state index contributed by atoms with van der Waals surface area (Å²) < 4.78 is 5.34. The summed E-state index contributed by atoms with van der Waals surface area (Å²) in [7, 11) is 0. The van der Waals surface area contributed by atoms with Crippen LogP contribution < -0.4 is 0 Å². The zero-order valence-electron chi connectivity index (χ0n) is 10.4. The van der Waals surface area contributed by atoms with Gasteiger partial charge < -0.3 is 9.73 Å². The molecule has 0 bridgehead atoms. The molecule has 4 nitrogen and oxygen atoms in total. The molecule has 0 fully saturated rings. The summed E-state index contributed by atoms with van der Waals surface area (Å²) in [4.78, 5) is 11.2. The molecule has 0 saturated heterocycles. The van der Waals surface area contributed by atoms with Crippen molar-refractivity contribution in [2.45, 2.75) is 13.8 Å². The predicted octanol–water partition coefficient (Wildman–Crippen LogP) is 2.93. The van der Waals surface area contributed by atoms with Crippen LogP contribution in [0.15, 0.2) is 35.5 Å². The third kappa shape index (κ3) is 3.93. The minimum Gasteiger partial charge on any atom is -0.476 e. The molecule has 1 aromatic rings. The summed E-state index contributed by atoms with van der Waals surface area (Å²) in [6, 6.07) is 8.68. The first-order valence-electron chi connectivity index (χ1n) is 5.66. The number of hydrogen-bond donors (Lipinski definition) is 1. The Bertz CT molecular complexity index is 479. The highest BCUT2D eigenvalue weighted by Crippen LogP contribution is 2.46. The first-order valence-corrected chi connectivity index (χ1v) is 8.75. The molecule has 0 aromatic heterocycles. The molecular formula is C12H16NO3PS. The van der Waals surface area contributed by atoms with Crippen molar-refractivity contribution in [1.82, 2.24) is 0 Å². The summed E-state index contributed by atoms with van der Waals surface area (Å²) in [5.41, 5.74) is 0.408. The quantitative estimate of drug-likeness (QED) is 0.496. The number of hydrogen-bond acceptors (Lipinski definition) is 4. The van der Waals surface area contributed by atoms with Crippen LogP contribution in [0.4, 0.5) is 0 Å². The van der Waals surface area contributed by atoms with E-state index in [1.165, 1.54) is 0 Å². The van der Waals surface area contributed by atoms with Gasteiger partial charge in [-0.1, -0.05) is 61.1 Å². The number of aliphatic carboxylic acids is 1. The Kier molecular flexibility index (Phi) is 5.51. The molecule has 98 valence electrons. The Morgan fingerprint density at radius 1 is 1.33 bits per heavy atom. The van der Waals surface area contributed by atoms with Crippen LogP contribution in [0, 0.1) is 0 Å². The van der Waals surface area contributed by atoms with E-state index in [-0.39, 0.29) is 5.71 Å². The van der Waals surface area contributed by atoms with Gasteiger partial charge in [-0.15, -0.1) is 0 Å². The van der Waals surface area contributed by atoms with Crippen molar-refractivity contribution in [2.24, 2.45) is 5.16 Å². The molecule has 0 spiro atoms. The number of nitrogens with zero attached hydrogens (tertiary/aromatic N) is 1. The van der Waals surface area contributed by atoms with Crippen LogP contribution in [-0.4, -0.2) is 29.1 Å². The molecule has 6 heteroatoms. The molecule has 0 amide bonds. The molecule has 0 aliphatic heterocycles. The zero-order valence-corrected chi connectivity index (χ0v) is 12.1. The SMILES string of the molecule is CCP(=S)(CC)ON=C(C(=O)O)c1ccccc1. The van der Waals surface area contributed by atoms with E-state index in [2.05, 4.69) is 5.16 Å². The molecule has 1 aromatic carbocycles. The Balaban J connectivity index is 3.01. The van der Waals surface area contributed by atoms with Gasteiger partial charge in [-0.25, -0.2) is 4.79 Å². The average Bonchev–Trinajstić information content (AvgIpc) is 2.39. The van der Waals surface area contributed by atoms with Gasteiger partial charge in [0.1, 0.15) is 6.26 Å². The van der Waals surface area contributed by atoms with Gasteiger partial charge >= 0.3 is 5.97 Å². The lowest BCUT2D eigenvalue weighted by Crippen LogP contribution is -2.14. The number of oxime groups is 1. The van der Waals surface area contributed by atoms with E-state index in [1.54, 1.807) is 24.3 Å². The van der Waals surface area contributed by atoms with Gasteiger partial charge in [-0.05, 0) is 0 Å². The fraction of sp³-hybridized carbons (Fsp3) is 0.333. The van der Waals surface area contributed by atoms with E-state index in [9.17, 15) is 4.79 Å².